The van der Waals surface area contributed by atoms with Gasteiger partial charge in [-0.2, -0.15) is 0 Å². The number of H-pyrrole nitrogens is 1. The van der Waals surface area contributed by atoms with Gasteiger partial charge in [0.05, 0.1) is 5.92 Å². The van der Waals surface area contributed by atoms with Crippen LogP contribution >= 0.6 is 15.9 Å². The first-order valence-electron chi connectivity index (χ1n) is 8.19. The zero-order valence-electron chi connectivity index (χ0n) is 13.5. The van der Waals surface area contributed by atoms with E-state index in [1.54, 1.807) is 0 Å². The van der Waals surface area contributed by atoms with Gasteiger partial charge >= 0.3 is 0 Å². The summed E-state index contributed by atoms with van der Waals surface area (Å²) < 4.78 is 1.07. The molecule has 0 bridgehead atoms. The lowest BCUT2D eigenvalue weighted by Crippen LogP contribution is -1.97. The fourth-order valence-electron chi connectivity index (χ4n) is 3.02. The SMILES string of the molecule is Brc1ccc2[nH]cc(C(C#Cc3ccccc3)c3ccccc3)c2c1. The summed E-state index contributed by atoms with van der Waals surface area (Å²) in [4.78, 5) is 3.38. The van der Waals surface area contributed by atoms with Crippen LogP contribution in [0.2, 0.25) is 0 Å². The van der Waals surface area contributed by atoms with E-state index in [4.69, 9.17) is 0 Å². The van der Waals surface area contributed by atoms with Crippen LogP contribution in [-0.2, 0) is 0 Å². The molecule has 0 fully saturated rings. The van der Waals surface area contributed by atoms with Crippen molar-refractivity contribution >= 4 is 26.8 Å². The van der Waals surface area contributed by atoms with Gasteiger partial charge in [0.25, 0.3) is 0 Å². The van der Waals surface area contributed by atoms with E-state index in [0.717, 1.165) is 15.6 Å². The molecule has 0 aliphatic carbocycles. The fraction of sp³-hybridized carbons (Fsp3) is 0.0435. The van der Waals surface area contributed by atoms with Crippen LogP contribution < -0.4 is 0 Å². The first kappa shape index (κ1) is 15.7. The highest BCUT2D eigenvalue weighted by atomic mass is 79.9. The molecule has 1 aromatic heterocycles. The molecular formula is C23H16BrN. The molecule has 25 heavy (non-hydrogen) atoms. The second kappa shape index (κ2) is 7.01. The van der Waals surface area contributed by atoms with Crippen molar-refractivity contribution in [1.82, 2.24) is 4.98 Å². The maximum Gasteiger partial charge on any atom is 0.0726 e. The Hall–Kier alpha value is -2.76. The van der Waals surface area contributed by atoms with Crippen molar-refractivity contribution in [2.45, 2.75) is 5.92 Å². The molecule has 2 heteroatoms. The normalized spacial score (nSPS) is 11.7. The summed E-state index contributed by atoms with van der Waals surface area (Å²) in [5, 5.41) is 1.20. The van der Waals surface area contributed by atoms with Crippen LogP contribution in [0.3, 0.4) is 0 Å². The summed E-state index contributed by atoms with van der Waals surface area (Å²) in [7, 11) is 0. The largest absolute Gasteiger partial charge is 0.361 e. The minimum Gasteiger partial charge on any atom is -0.361 e. The van der Waals surface area contributed by atoms with Crippen molar-refractivity contribution in [3.63, 3.8) is 0 Å². The van der Waals surface area contributed by atoms with Gasteiger partial charge in [0, 0.05) is 27.1 Å². The molecule has 1 nitrogen and oxygen atoms in total. The number of aromatic amines is 1. The Kier molecular flexibility index (Phi) is 4.41. The van der Waals surface area contributed by atoms with Gasteiger partial charge in [-0.25, -0.2) is 0 Å². The van der Waals surface area contributed by atoms with Crippen molar-refractivity contribution in [3.05, 3.63) is 106 Å². The lowest BCUT2D eigenvalue weighted by atomic mass is 9.91. The fourth-order valence-corrected chi connectivity index (χ4v) is 3.38. The average molecular weight is 386 g/mol. The van der Waals surface area contributed by atoms with E-state index in [0.29, 0.717) is 0 Å². The monoisotopic (exact) mass is 385 g/mol. The van der Waals surface area contributed by atoms with Crippen LogP contribution in [0.25, 0.3) is 10.9 Å². The molecule has 4 aromatic rings. The van der Waals surface area contributed by atoms with E-state index >= 15 is 0 Å². The highest BCUT2D eigenvalue weighted by Crippen LogP contribution is 2.32. The van der Waals surface area contributed by atoms with Crippen LogP contribution in [0.4, 0.5) is 0 Å². The molecule has 3 aromatic carbocycles. The minimum atomic E-state index is 0.0180. The van der Waals surface area contributed by atoms with Crippen molar-refractivity contribution in [3.8, 4) is 11.8 Å². The topological polar surface area (TPSA) is 15.8 Å². The molecule has 0 saturated carbocycles. The standard InChI is InChI=1S/C23H16BrN/c24-19-12-14-23-21(15-19)22(16-25-23)20(18-9-5-2-6-10-18)13-11-17-7-3-1-4-8-17/h1-10,12,14-16,20,25H. The number of benzene rings is 3. The molecule has 0 aliphatic rings. The summed E-state index contributed by atoms with van der Waals surface area (Å²) in [6.45, 7) is 0. The highest BCUT2D eigenvalue weighted by Gasteiger charge is 2.16. The Bertz CT molecular complexity index is 1050. The van der Waals surface area contributed by atoms with E-state index in [1.165, 1.54) is 16.5 Å². The van der Waals surface area contributed by atoms with E-state index < -0.39 is 0 Å². The summed E-state index contributed by atoms with van der Waals surface area (Å²) in [5.41, 5.74) is 4.56. The molecule has 120 valence electrons. The molecule has 0 spiro atoms. The molecule has 1 unspecified atom stereocenters. The predicted molar refractivity (Wildman–Crippen MR) is 108 cm³/mol. The molecule has 1 N–H and O–H groups in total. The molecular weight excluding hydrogens is 370 g/mol. The Labute approximate surface area is 155 Å². The third-order valence-electron chi connectivity index (χ3n) is 4.25. The van der Waals surface area contributed by atoms with Gasteiger partial charge in [-0.15, -0.1) is 0 Å². The van der Waals surface area contributed by atoms with Crippen molar-refractivity contribution in [1.29, 1.82) is 0 Å². The van der Waals surface area contributed by atoms with Gasteiger partial charge in [0.2, 0.25) is 0 Å². The van der Waals surface area contributed by atoms with Gasteiger partial charge in [-0.3, -0.25) is 0 Å². The first-order chi connectivity index (χ1) is 12.3. The maximum absolute atomic E-state index is 3.58. The number of rotatable bonds is 2. The van der Waals surface area contributed by atoms with Crippen LogP contribution in [0.15, 0.2) is 89.5 Å². The predicted octanol–water partition coefficient (Wildman–Crippen LogP) is 6.11. The number of nitrogens with one attached hydrogen (secondary N) is 1. The van der Waals surface area contributed by atoms with Crippen LogP contribution in [0.1, 0.15) is 22.6 Å². The minimum absolute atomic E-state index is 0.0180. The van der Waals surface area contributed by atoms with Gasteiger partial charge in [-0.05, 0) is 41.5 Å². The van der Waals surface area contributed by atoms with Crippen LogP contribution in [0, 0.1) is 11.8 Å². The van der Waals surface area contributed by atoms with E-state index in [2.05, 4.69) is 81.4 Å². The van der Waals surface area contributed by atoms with Gasteiger partial charge < -0.3 is 4.98 Å². The van der Waals surface area contributed by atoms with Gasteiger partial charge in [-0.1, -0.05) is 76.3 Å². The zero-order chi connectivity index (χ0) is 17.1. The summed E-state index contributed by atoms with van der Waals surface area (Å²) in [5.74, 6) is 6.83. The maximum atomic E-state index is 3.58. The van der Waals surface area contributed by atoms with E-state index in [1.807, 2.05) is 36.4 Å². The average Bonchev–Trinajstić information content (AvgIpc) is 3.07. The second-order valence-corrected chi connectivity index (χ2v) is 6.83. The number of hydrogen-bond acceptors (Lipinski definition) is 0. The number of fused-ring (bicyclic) bond motifs is 1. The van der Waals surface area contributed by atoms with E-state index in [-0.39, 0.29) is 5.92 Å². The molecule has 0 aliphatic heterocycles. The number of aromatic nitrogens is 1. The first-order valence-corrected chi connectivity index (χ1v) is 8.98. The molecule has 1 heterocycles. The third kappa shape index (κ3) is 3.38. The Balaban J connectivity index is 1.86. The van der Waals surface area contributed by atoms with Crippen molar-refractivity contribution < 1.29 is 0 Å². The molecule has 0 saturated heterocycles. The Morgan fingerprint density at radius 1 is 0.840 bits per heavy atom. The van der Waals surface area contributed by atoms with Crippen LogP contribution in [0.5, 0.6) is 0 Å². The van der Waals surface area contributed by atoms with E-state index in [9.17, 15) is 0 Å². The highest BCUT2D eigenvalue weighted by molar-refractivity contribution is 9.10. The third-order valence-corrected chi connectivity index (χ3v) is 4.75. The Morgan fingerprint density at radius 3 is 2.32 bits per heavy atom. The Morgan fingerprint density at radius 2 is 1.56 bits per heavy atom. The number of hydrogen-bond donors (Lipinski definition) is 1. The quantitative estimate of drug-likeness (QED) is 0.400. The molecule has 1 atom stereocenters. The van der Waals surface area contributed by atoms with Crippen LogP contribution in [-0.4, -0.2) is 4.98 Å². The molecule has 0 radical (unpaired) electrons. The lowest BCUT2D eigenvalue weighted by Gasteiger charge is -2.11. The summed E-state index contributed by atoms with van der Waals surface area (Å²) >= 11 is 3.58. The second-order valence-electron chi connectivity index (χ2n) is 5.91. The molecule has 0 amide bonds. The lowest BCUT2D eigenvalue weighted by molar-refractivity contribution is 1.08. The summed E-state index contributed by atoms with van der Waals surface area (Å²) in [6.07, 6.45) is 2.08. The summed E-state index contributed by atoms with van der Waals surface area (Å²) in [6, 6.07) is 26.9. The van der Waals surface area contributed by atoms with Crippen molar-refractivity contribution in [2.75, 3.05) is 0 Å². The van der Waals surface area contributed by atoms with Gasteiger partial charge in [0.15, 0.2) is 0 Å². The van der Waals surface area contributed by atoms with Crippen molar-refractivity contribution in [2.24, 2.45) is 0 Å². The number of halogens is 1. The zero-order valence-corrected chi connectivity index (χ0v) is 15.1. The molecule has 4 rings (SSSR count). The van der Waals surface area contributed by atoms with Gasteiger partial charge in [0.1, 0.15) is 0 Å². The smallest absolute Gasteiger partial charge is 0.0726 e.